The summed E-state index contributed by atoms with van der Waals surface area (Å²) in [5.41, 5.74) is 1.85. The van der Waals surface area contributed by atoms with Crippen LogP contribution in [0.2, 0.25) is 0 Å². The average molecular weight is 434 g/mol. The van der Waals surface area contributed by atoms with Gasteiger partial charge in [0.1, 0.15) is 17.9 Å². The summed E-state index contributed by atoms with van der Waals surface area (Å²) in [5.74, 6) is 1.30. The van der Waals surface area contributed by atoms with E-state index in [-0.39, 0.29) is 0 Å². The number of anilines is 1. The number of hydrogen-bond acceptors (Lipinski definition) is 4. The zero-order chi connectivity index (χ0) is 22.1. The summed E-state index contributed by atoms with van der Waals surface area (Å²) in [5, 5.41) is 3.97. The van der Waals surface area contributed by atoms with Crippen molar-refractivity contribution in [2.45, 2.75) is 12.7 Å². The summed E-state index contributed by atoms with van der Waals surface area (Å²) in [6.07, 6.45) is 0.339. The second-order valence-electron chi connectivity index (χ2n) is 7.18. The summed E-state index contributed by atoms with van der Waals surface area (Å²) in [6, 6.07) is 18.4. The summed E-state index contributed by atoms with van der Waals surface area (Å²) in [7, 11) is 0. The van der Waals surface area contributed by atoms with Crippen molar-refractivity contribution in [3.63, 3.8) is 0 Å². The molecule has 0 amide bonds. The molecule has 0 saturated carbocycles. The van der Waals surface area contributed by atoms with Gasteiger partial charge in [-0.1, -0.05) is 36.4 Å². The van der Waals surface area contributed by atoms with Gasteiger partial charge in [-0.25, -0.2) is 9.97 Å². The highest BCUT2D eigenvalue weighted by atomic mass is 19.4. The number of alkyl halides is 3. The van der Waals surface area contributed by atoms with Crippen LogP contribution in [0.25, 0.3) is 27.8 Å². The zero-order valence-corrected chi connectivity index (χ0v) is 16.7. The van der Waals surface area contributed by atoms with Gasteiger partial charge in [-0.3, -0.25) is 0 Å². The van der Waals surface area contributed by atoms with Crippen molar-refractivity contribution in [3.8, 4) is 16.8 Å². The first-order valence-electron chi connectivity index (χ1n) is 9.86. The molecule has 0 radical (unpaired) electrons. The highest BCUT2D eigenvalue weighted by Crippen LogP contribution is 2.37. The third kappa shape index (κ3) is 3.71. The molecule has 0 atom stereocenters. The lowest BCUT2D eigenvalue weighted by molar-refractivity contribution is -0.137. The SMILES string of the molecule is FC(F)(F)c1cccc(-n2cc(-c3ccccc3)c3c(NCc4ccco4)ncnc32)c1. The monoisotopic (exact) mass is 434 g/mol. The Morgan fingerprint density at radius 3 is 2.53 bits per heavy atom. The Bertz CT molecular complexity index is 1360. The highest BCUT2D eigenvalue weighted by Gasteiger charge is 2.30. The van der Waals surface area contributed by atoms with E-state index in [0.717, 1.165) is 29.0 Å². The van der Waals surface area contributed by atoms with Gasteiger partial charge in [-0.2, -0.15) is 13.2 Å². The van der Waals surface area contributed by atoms with Gasteiger partial charge >= 0.3 is 6.18 Å². The van der Waals surface area contributed by atoms with E-state index in [4.69, 9.17) is 4.42 Å². The van der Waals surface area contributed by atoms with Crippen LogP contribution in [0.3, 0.4) is 0 Å². The van der Waals surface area contributed by atoms with Crippen molar-refractivity contribution < 1.29 is 17.6 Å². The maximum absolute atomic E-state index is 13.3. The number of fused-ring (bicyclic) bond motifs is 1. The van der Waals surface area contributed by atoms with Crippen LogP contribution in [-0.2, 0) is 12.7 Å². The van der Waals surface area contributed by atoms with Gasteiger partial charge in [0.2, 0.25) is 0 Å². The van der Waals surface area contributed by atoms with Crippen molar-refractivity contribution in [2.24, 2.45) is 0 Å². The number of nitrogens with one attached hydrogen (secondary N) is 1. The molecular formula is C24H17F3N4O. The van der Waals surface area contributed by atoms with E-state index >= 15 is 0 Å². The molecule has 3 heterocycles. The van der Waals surface area contributed by atoms with Crippen LogP contribution < -0.4 is 5.32 Å². The van der Waals surface area contributed by atoms with Crippen molar-refractivity contribution in [1.82, 2.24) is 14.5 Å². The van der Waals surface area contributed by atoms with Gasteiger partial charge in [-0.15, -0.1) is 0 Å². The lowest BCUT2D eigenvalue weighted by atomic mass is 10.1. The van der Waals surface area contributed by atoms with Gasteiger partial charge in [-0.05, 0) is 35.9 Å². The minimum absolute atomic E-state index is 0.364. The Hall–Kier alpha value is -4.07. The maximum atomic E-state index is 13.3. The van der Waals surface area contributed by atoms with Gasteiger partial charge in [0.25, 0.3) is 0 Å². The molecule has 3 aromatic heterocycles. The molecule has 2 aromatic carbocycles. The molecular weight excluding hydrogens is 417 g/mol. The predicted molar refractivity (Wildman–Crippen MR) is 115 cm³/mol. The summed E-state index contributed by atoms with van der Waals surface area (Å²) >= 11 is 0. The fourth-order valence-electron chi connectivity index (χ4n) is 3.65. The van der Waals surface area contributed by atoms with Crippen LogP contribution >= 0.6 is 0 Å². The molecule has 0 spiro atoms. The molecule has 0 bridgehead atoms. The van der Waals surface area contributed by atoms with E-state index in [9.17, 15) is 13.2 Å². The lowest BCUT2D eigenvalue weighted by Crippen LogP contribution is -2.06. The Kier molecular flexibility index (Phi) is 4.89. The minimum Gasteiger partial charge on any atom is -0.467 e. The van der Waals surface area contributed by atoms with Crippen LogP contribution in [-0.4, -0.2) is 14.5 Å². The van der Waals surface area contributed by atoms with Crippen LogP contribution in [0.5, 0.6) is 0 Å². The third-order valence-electron chi connectivity index (χ3n) is 5.13. The Morgan fingerprint density at radius 2 is 1.78 bits per heavy atom. The van der Waals surface area contributed by atoms with E-state index in [2.05, 4.69) is 15.3 Å². The van der Waals surface area contributed by atoms with Gasteiger partial charge in [0, 0.05) is 17.4 Å². The summed E-state index contributed by atoms with van der Waals surface area (Å²) in [6.45, 7) is 0.405. The first-order chi connectivity index (χ1) is 15.5. The minimum atomic E-state index is -4.44. The molecule has 0 unspecified atom stereocenters. The molecule has 0 aliphatic rings. The van der Waals surface area contributed by atoms with Crippen molar-refractivity contribution >= 4 is 16.9 Å². The summed E-state index contributed by atoms with van der Waals surface area (Å²) in [4.78, 5) is 8.81. The van der Waals surface area contributed by atoms with Crippen molar-refractivity contribution in [3.05, 3.63) is 96.8 Å². The molecule has 0 aliphatic carbocycles. The van der Waals surface area contributed by atoms with Crippen molar-refractivity contribution in [2.75, 3.05) is 5.32 Å². The number of hydrogen-bond donors (Lipinski definition) is 1. The average Bonchev–Trinajstić information content (AvgIpc) is 3.46. The van der Waals surface area contributed by atoms with E-state index < -0.39 is 11.7 Å². The standard InChI is InChI=1S/C24H17F3N4O/c25-24(26,27)17-8-4-9-18(12-17)31-14-20(16-6-2-1-3-7-16)21-22(29-15-30-23(21)31)28-13-19-10-5-11-32-19/h1-12,14-15H,13H2,(H,28,29,30). The Balaban J connectivity index is 1.69. The quantitative estimate of drug-likeness (QED) is 0.352. The van der Waals surface area contributed by atoms with Gasteiger partial charge in [0.05, 0.1) is 23.8 Å². The number of furan rings is 1. The van der Waals surface area contributed by atoms with Crippen LogP contribution in [0, 0.1) is 0 Å². The number of rotatable bonds is 5. The van der Waals surface area contributed by atoms with Crippen LogP contribution in [0.1, 0.15) is 11.3 Å². The fraction of sp³-hybridized carbons (Fsp3) is 0.0833. The molecule has 5 nitrogen and oxygen atoms in total. The molecule has 0 fully saturated rings. The Labute approximate surface area is 181 Å². The molecule has 160 valence electrons. The number of benzene rings is 2. The van der Waals surface area contributed by atoms with Gasteiger partial charge in [0.15, 0.2) is 5.65 Å². The van der Waals surface area contributed by atoms with Gasteiger partial charge < -0.3 is 14.3 Å². The second-order valence-corrected chi connectivity index (χ2v) is 7.18. The maximum Gasteiger partial charge on any atom is 0.416 e. The van der Waals surface area contributed by atoms with E-state index in [1.807, 2.05) is 36.4 Å². The molecule has 1 N–H and O–H groups in total. The normalized spacial score (nSPS) is 11.7. The zero-order valence-electron chi connectivity index (χ0n) is 16.7. The lowest BCUT2D eigenvalue weighted by Gasteiger charge is -2.10. The first kappa shape index (κ1) is 19.9. The number of halogens is 3. The highest BCUT2D eigenvalue weighted by molar-refractivity contribution is 6.02. The molecule has 0 aliphatic heterocycles. The van der Waals surface area contributed by atoms with Crippen LogP contribution in [0.15, 0.2) is 89.9 Å². The number of aromatic nitrogens is 3. The molecule has 5 aromatic rings. The van der Waals surface area contributed by atoms with E-state index in [0.29, 0.717) is 29.1 Å². The van der Waals surface area contributed by atoms with Crippen molar-refractivity contribution in [1.29, 1.82) is 0 Å². The topological polar surface area (TPSA) is 55.9 Å². The number of nitrogens with zero attached hydrogens (tertiary/aromatic N) is 3. The second kappa shape index (κ2) is 7.88. The van der Waals surface area contributed by atoms with Crippen LogP contribution in [0.4, 0.5) is 19.0 Å². The Morgan fingerprint density at radius 1 is 0.938 bits per heavy atom. The smallest absolute Gasteiger partial charge is 0.416 e. The molecule has 0 saturated heterocycles. The first-order valence-corrected chi connectivity index (χ1v) is 9.86. The largest absolute Gasteiger partial charge is 0.467 e. The molecule has 8 heteroatoms. The third-order valence-corrected chi connectivity index (χ3v) is 5.13. The summed E-state index contributed by atoms with van der Waals surface area (Å²) < 4.78 is 47.0. The molecule has 5 rings (SSSR count). The van der Waals surface area contributed by atoms with E-state index in [1.165, 1.54) is 12.4 Å². The predicted octanol–water partition coefficient (Wildman–Crippen LogP) is 6.31. The fourth-order valence-corrected chi connectivity index (χ4v) is 3.65. The van der Waals surface area contributed by atoms with E-state index in [1.54, 1.807) is 29.2 Å². The molecule has 32 heavy (non-hydrogen) atoms.